The molecule has 2 aliphatic heterocycles. The molecule has 1 aliphatic carbocycles. The fourth-order valence-electron chi connectivity index (χ4n) is 4.30. The molecule has 0 amide bonds. The van der Waals surface area contributed by atoms with Gasteiger partial charge in [-0.05, 0) is 44.1 Å². The van der Waals surface area contributed by atoms with Gasteiger partial charge in [0.15, 0.2) is 0 Å². The Balaban J connectivity index is 1.69. The van der Waals surface area contributed by atoms with Gasteiger partial charge in [-0.15, -0.1) is 0 Å². The maximum absolute atomic E-state index is 9.88. The van der Waals surface area contributed by atoms with Crippen LogP contribution in [0.25, 0.3) is 5.70 Å². The van der Waals surface area contributed by atoms with Gasteiger partial charge in [0.05, 0.1) is 47.6 Å². The van der Waals surface area contributed by atoms with E-state index >= 15 is 0 Å². The van der Waals surface area contributed by atoms with Crippen molar-refractivity contribution in [2.45, 2.75) is 45.1 Å². The highest BCUT2D eigenvalue weighted by Gasteiger charge is 2.40. The van der Waals surface area contributed by atoms with Crippen molar-refractivity contribution in [3.8, 4) is 6.07 Å². The molecule has 1 atom stereocenters. The molecule has 0 bridgehead atoms. The Kier molecular flexibility index (Phi) is 3.73. The zero-order valence-electron chi connectivity index (χ0n) is 14.2. The third-order valence-electron chi connectivity index (χ3n) is 6.04. The number of fused-ring (bicyclic) bond motifs is 1. The smallest absolute Gasteiger partial charge is 0.0988 e. The summed E-state index contributed by atoms with van der Waals surface area (Å²) < 4.78 is 0. The van der Waals surface area contributed by atoms with Gasteiger partial charge in [0.25, 0.3) is 0 Å². The standard InChI is InChI=1S/C19H24N4O/c1-13(24)16-9-15-17(12-22-16)21-11-14(10-20)18(15)23-7-5-19(6-8-23)3-2-4-19/h9,12-13,21,24H,2-8,11H2,1H3. The van der Waals surface area contributed by atoms with Gasteiger partial charge in [-0.3, -0.25) is 4.98 Å². The van der Waals surface area contributed by atoms with E-state index in [2.05, 4.69) is 21.3 Å². The number of aliphatic hydroxyl groups is 1. The van der Waals surface area contributed by atoms with Crippen molar-refractivity contribution in [1.82, 2.24) is 9.88 Å². The van der Waals surface area contributed by atoms with Crippen molar-refractivity contribution in [3.63, 3.8) is 0 Å². The highest BCUT2D eigenvalue weighted by atomic mass is 16.3. The molecular weight excluding hydrogens is 300 g/mol. The lowest BCUT2D eigenvalue weighted by atomic mass is 9.63. The first-order valence-corrected chi connectivity index (χ1v) is 8.92. The number of nitrogens with zero attached hydrogens (tertiary/aromatic N) is 3. The number of hydrogen-bond donors (Lipinski definition) is 2. The monoisotopic (exact) mass is 324 g/mol. The summed E-state index contributed by atoms with van der Waals surface area (Å²) in [5, 5.41) is 22.8. The van der Waals surface area contributed by atoms with Gasteiger partial charge in [0.1, 0.15) is 0 Å². The van der Waals surface area contributed by atoms with Gasteiger partial charge in [-0.2, -0.15) is 5.26 Å². The minimum Gasteiger partial charge on any atom is -0.387 e. The molecule has 1 saturated heterocycles. The van der Waals surface area contributed by atoms with Crippen LogP contribution in [0.3, 0.4) is 0 Å². The van der Waals surface area contributed by atoms with Gasteiger partial charge < -0.3 is 15.3 Å². The minimum atomic E-state index is -0.608. The van der Waals surface area contributed by atoms with Crippen LogP contribution >= 0.6 is 0 Å². The Morgan fingerprint density at radius 3 is 2.67 bits per heavy atom. The molecule has 5 heteroatoms. The molecule has 0 aromatic carbocycles. The first kappa shape index (κ1) is 15.5. The fraction of sp³-hybridized carbons (Fsp3) is 0.579. The SMILES string of the molecule is CC(O)c1cc2c(cn1)NCC(C#N)=C2N1CCC2(CCC2)CC1. The van der Waals surface area contributed by atoms with Crippen LogP contribution in [0.1, 0.15) is 56.4 Å². The molecule has 3 aliphatic rings. The lowest BCUT2D eigenvalue weighted by Gasteiger charge is -2.49. The summed E-state index contributed by atoms with van der Waals surface area (Å²) in [5.74, 6) is 0. The van der Waals surface area contributed by atoms with Crippen molar-refractivity contribution in [1.29, 1.82) is 5.26 Å². The van der Waals surface area contributed by atoms with E-state index in [0.29, 0.717) is 17.7 Å². The van der Waals surface area contributed by atoms with E-state index in [1.807, 2.05) is 6.07 Å². The van der Waals surface area contributed by atoms with E-state index < -0.39 is 6.10 Å². The van der Waals surface area contributed by atoms with Crippen LogP contribution in [0.15, 0.2) is 17.8 Å². The van der Waals surface area contributed by atoms with E-state index in [1.165, 1.54) is 32.1 Å². The number of piperidine rings is 1. The molecule has 24 heavy (non-hydrogen) atoms. The molecule has 2 fully saturated rings. The Hall–Kier alpha value is -2.06. The molecule has 1 unspecified atom stereocenters. The van der Waals surface area contributed by atoms with Crippen molar-refractivity contribution in [3.05, 3.63) is 29.1 Å². The molecule has 3 heterocycles. The number of nitrogens with one attached hydrogen (secondary N) is 1. The van der Waals surface area contributed by atoms with Crippen LogP contribution in [0.5, 0.6) is 0 Å². The lowest BCUT2D eigenvalue weighted by molar-refractivity contribution is 0.0537. The highest BCUT2D eigenvalue weighted by Crippen LogP contribution is 2.50. The number of likely N-dealkylation sites (tertiary alicyclic amines) is 1. The first-order valence-electron chi connectivity index (χ1n) is 8.92. The molecule has 1 saturated carbocycles. The molecule has 2 N–H and O–H groups in total. The third kappa shape index (κ3) is 2.46. The zero-order chi connectivity index (χ0) is 16.7. The zero-order valence-corrected chi connectivity index (χ0v) is 14.2. The number of anilines is 1. The van der Waals surface area contributed by atoms with Crippen LogP contribution in [-0.2, 0) is 0 Å². The summed E-state index contributed by atoms with van der Waals surface area (Å²) in [4.78, 5) is 6.71. The third-order valence-corrected chi connectivity index (χ3v) is 6.04. The largest absolute Gasteiger partial charge is 0.387 e. The van der Waals surface area contributed by atoms with Gasteiger partial charge in [-0.1, -0.05) is 6.42 Å². The number of nitriles is 1. The summed E-state index contributed by atoms with van der Waals surface area (Å²) in [6.45, 7) is 4.32. The van der Waals surface area contributed by atoms with Crippen molar-refractivity contribution < 1.29 is 5.11 Å². The number of aliphatic hydroxyl groups excluding tert-OH is 1. The van der Waals surface area contributed by atoms with E-state index in [-0.39, 0.29) is 0 Å². The average molecular weight is 324 g/mol. The van der Waals surface area contributed by atoms with Gasteiger partial charge in [0, 0.05) is 18.7 Å². The Morgan fingerprint density at radius 2 is 2.08 bits per heavy atom. The molecule has 4 rings (SSSR count). The summed E-state index contributed by atoms with van der Waals surface area (Å²) >= 11 is 0. The Morgan fingerprint density at radius 1 is 1.33 bits per heavy atom. The summed E-state index contributed by atoms with van der Waals surface area (Å²) in [6, 6.07) is 4.32. The van der Waals surface area contributed by atoms with Gasteiger partial charge >= 0.3 is 0 Å². The van der Waals surface area contributed by atoms with Gasteiger partial charge in [0.2, 0.25) is 0 Å². The minimum absolute atomic E-state index is 0.552. The molecule has 1 aromatic rings. The maximum Gasteiger partial charge on any atom is 0.0988 e. The topological polar surface area (TPSA) is 72.2 Å². The second-order valence-corrected chi connectivity index (χ2v) is 7.46. The van der Waals surface area contributed by atoms with Crippen LogP contribution in [-0.4, -0.2) is 34.6 Å². The second-order valence-electron chi connectivity index (χ2n) is 7.46. The predicted molar refractivity (Wildman–Crippen MR) is 93.0 cm³/mol. The number of aromatic nitrogens is 1. The quantitative estimate of drug-likeness (QED) is 0.875. The fourth-order valence-corrected chi connectivity index (χ4v) is 4.30. The molecule has 5 nitrogen and oxygen atoms in total. The molecular formula is C19H24N4O. The first-order chi connectivity index (χ1) is 11.6. The van der Waals surface area contributed by atoms with E-state index in [4.69, 9.17) is 0 Å². The van der Waals surface area contributed by atoms with E-state index in [1.54, 1.807) is 13.1 Å². The molecule has 1 aromatic heterocycles. The van der Waals surface area contributed by atoms with Crippen LogP contribution in [0, 0.1) is 16.7 Å². The molecule has 126 valence electrons. The maximum atomic E-state index is 9.88. The van der Waals surface area contributed by atoms with Gasteiger partial charge in [-0.25, -0.2) is 0 Å². The highest BCUT2D eigenvalue weighted by molar-refractivity contribution is 5.82. The van der Waals surface area contributed by atoms with E-state index in [0.717, 1.165) is 35.6 Å². The van der Waals surface area contributed by atoms with Crippen molar-refractivity contribution in [2.24, 2.45) is 5.41 Å². The Labute approximate surface area is 143 Å². The molecule has 0 radical (unpaired) electrons. The Bertz CT molecular complexity index is 717. The normalized spacial score (nSPS) is 23.1. The van der Waals surface area contributed by atoms with Crippen molar-refractivity contribution >= 4 is 11.4 Å². The number of rotatable bonds is 2. The lowest BCUT2D eigenvalue weighted by Crippen LogP contribution is -2.43. The van der Waals surface area contributed by atoms with E-state index in [9.17, 15) is 10.4 Å². The predicted octanol–water partition coefficient (Wildman–Crippen LogP) is 3.06. The average Bonchev–Trinajstić information content (AvgIpc) is 2.59. The van der Waals surface area contributed by atoms with Crippen molar-refractivity contribution in [2.75, 3.05) is 25.0 Å². The number of hydrogen-bond acceptors (Lipinski definition) is 5. The van der Waals surface area contributed by atoms with Crippen LogP contribution in [0.2, 0.25) is 0 Å². The number of pyridine rings is 1. The second kappa shape index (κ2) is 5.78. The molecule has 1 spiro atoms. The summed E-state index contributed by atoms with van der Waals surface area (Å²) in [7, 11) is 0. The summed E-state index contributed by atoms with van der Waals surface area (Å²) in [5.41, 5.74) is 5.03. The van der Waals surface area contributed by atoms with Crippen LogP contribution in [0.4, 0.5) is 5.69 Å². The summed E-state index contributed by atoms with van der Waals surface area (Å²) in [6.07, 6.45) is 7.76. The van der Waals surface area contributed by atoms with Crippen LogP contribution < -0.4 is 5.32 Å².